The smallest absolute Gasteiger partial charge is 0.326 e. The van der Waals surface area contributed by atoms with E-state index in [0.717, 1.165) is 38.6 Å². The Morgan fingerprint density at radius 3 is 1.95 bits per heavy atom. The maximum absolute atomic E-state index is 14.4. The molecule has 0 saturated carbocycles. The maximum atomic E-state index is 14.4. The number of carbonyl (C=O) groups is 6. The molecule has 3 aromatic heterocycles. The quantitative estimate of drug-likeness (QED) is 0.0416. The Kier molecular flexibility index (Phi) is 16.2. The van der Waals surface area contributed by atoms with Crippen LogP contribution in [0.2, 0.25) is 0 Å². The number of nitrogens with two attached hydrogens (primary N) is 2. The number of aryl methyl sites for hydroxylation is 1. The first-order valence-corrected chi connectivity index (χ1v) is 21.6. The number of unbranched alkanes of at least 4 members (excludes halogenated alkanes) is 1. The third-order valence-electron chi connectivity index (χ3n) is 11.4. The number of rotatable bonds is 23. The predicted molar refractivity (Wildman–Crippen MR) is 245 cm³/mol. The molecule has 0 fully saturated rings. The van der Waals surface area contributed by atoms with Crippen LogP contribution in [0.4, 0.5) is 0 Å². The maximum Gasteiger partial charge on any atom is 0.326 e. The molecule has 0 bridgehead atoms. The molecule has 6 rings (SSSR count). The molecule has 0 radical (unpaired) electrons. The lowest BCUT2D eigenvalue weighted by molar-refractivity contribution is -0.142. The summed E-state index contributed by atoms with van der Waals surface area (Å²) < 4.78 is 0. The minimum absolute atomic E-state index is 0.00167. The summed E-state index contributed by atoms with van der Waals surface area (Å²) >= 11 is 0. The molecular weight excluding hydrogens is 831 g/mol. The monoisotopic (exact) mass is 887 g/mol. The third kappa shape index (κ3) is 12.7. The van der Waals surface area contributed by atoms with Crippen molar-refractivity contribution in [1.82, 2.24) is 46.5 Å². The van der Waals surface area contributed by atoms with Crippen molar-refractivity contribution >= 4 is 57.3 Å². The first-order valence-electron chi connectivity index (χ1n) is 21.6. The minimum atomic E-state index is -1.36. The van der Waals surface area contributed by atoms with Gasteiger partial charge >= 0.3 is 5.97 Å². The highest BCUT2D eigenvalue weighted by Crippen LogP contribution is 2.24. The van der Waals surface area contributed by atoms with Gasteiger partial charge in [-0.1, -0.05) is 73.2 Å². The molecule has 5 amide bonds. The number of nitrogens with one attached hydrogen (secondary N) is 8. The number of benzene rings is 3. The number of amides is 5. The van der Waals surface area contributed by atoms with E-state index >= 15 is 0 Å². The van der Waals surface area contributed by atoms with Crippen molar-refractivity contribution in [2.24, 2.45) is 11.5 Å². The summed E-state index contributed by atoms with van der Waals surface area (Å²) in [6.07, 6.45) is 6.25. The average molecular weight is 888 g/mol. The number of hydrogen-bond acceptors (Lipinski definition) is 9. The van der Waals surface area contributed by atoms with Crippen LogP contribution < -0.4 is 38.1 Å². The highest BCUT2D eigenvalue weighted by atomic mass is 16.4. The van der Waals surface area contributed by atoms with Crippen LogP contribution in [-0.4, -0.2) is 103 Å². The van der Waals surface area contributed by atoms with Gasteiger partial charge in [0.15, 0.2) is 0 Å². The summed E-state index contributed by atoms with van der Waals surface area (Å²) in [4.78, 5) is 95.6. The van der Waals surface area contributed by atoms with Crippen molar-refractivity contribution in [1.29, 1.82) is 0 Å². The number of imidazole rings is 1. The van der Waals surface area contributed by atoms with Crippen molar-refractivity contribution in [2.45, 2.75) is 95.0 Å². The van der Waals surface area contributed by atoms with E-state index < -0.39 is 71.8 Å². The molecule has 6 aromatic rings. The number of para-hydroxylation sites is 2. The normalized spacial score (nSPS) is 14.1. The molecule has 6 atom stereocenters. The van der Waals surface area contributed by atoms with Crippen LogP contribution in [0.25, 0.3) is 21.8 Å². The Morgan fingerprint density at radius 1 is 0.662 bits per heavy atom. The van der Waals surface area contributed by atoms with E-state index in [-0.39, 0.29) is 25.7 Å². The van der Waals surface area contributed by atoms with E-state index in [0.29, 0.717) is 37.1 Å². The number of carboxylic acid groups (broad SMARTS) is 1. The zero-order valence-corrected chi connectivity index (χ0v) is 36.4. The van der Waals surface area contributed by atoms with Crippen molar-refractivity contribution in [3.05, 3.63) is 126 Å². The fourth-order valence-electron chi connectivity index (χ4n) is 7.76. The molecule has 0 aliphatic carbocycles. The lowest BCUT2D eigenvalue weighted by atomic mass is 10.0. The van der Waals surface area contributed by atoms with Crippen LogP contribution >= 0.6 is 0 Å². The van der Waals surface area contributed by atoms with Gasteiger partial charge in [-0.2, -0.15) is 0 Å². The van der Waals surface area contributed by atoms with Gasteiger partial charge in [0, 0.05) is 71.3 Å². The van der Waals surface area contributed by atoms with E-state index in [2.05, 4.69) is 46.5 Å². The van der Waals surface area contributed by atoms with E-state index in [9.17, 15) is 33.9 Å². The van der Waals surface area contributed by atoms with Gasteiger partial charge in [-0.25, -0.2) is 9.78 Å². The molecule has 0 aliphatic rings. The first kappa shape index (κ1) is 47.2. The van der Waals surface area contributed by atoms with Gasteiger partial charge in [0.2, 0.25) is 29.5 Å². The number of carbonyl (C=O) groups excluding carboxylic acids is 5. The minimum Gasteiger partial charge on any atom is -0.480 e. The Hall–Kier alpha value is -7.31. The largest absolute Gasteiger partial charge is 0.480 e. The van der Waals surface area contributed by atoms with Gasteiger partial charge in [0.25, 0.3) is 0 Å². The van der Waals surface area contributed by atoms with Crippen molar-refractivity contribution in [3.8, 4) is 0 Å². The number of nitrogens with zero attached hydrogens (tertiary/aromatic N) is 1. The Morgan fingerprint density at radius 2 is 1.26 bits per heavy atom. The van der Waals surface area contributed by atoms with Gasteiger partial charge in [0.1, 0.15) is 30.2 Å². The van der Waals surface area contributed by atoms with Crippen molar-refractivity contribution < 1.29 is 33.9 Å². The van der Waals surface area contributed by atoms with Gasteiger partial charge in [-0.15, -0.1) is 0 Å². The zero-order valence-electron chi connectivity index (χ0n) is 36.4. The fraction of sp³-hybridized carbons (Fsp3) is 0.340. The molecule has 342 valence electrons. The lowest BCUT2D eigenvalue weighted by Gasteiger charge is -2.26. The number of aromatic amines is 3. The zero-order chi connectivity index (χ0) is 46.5. The van der Waals surface area contributed by atoms with Crippen LogP contribution in [0.1, 0.15) is 54.3 Å². The van der Waals surface area contributed by atoms with Gasteiger partial charge in [0.05, 0.1) is 12.4 Å². The number of aliphatic carboxylic acids is 1. The molecule has 0 spiro atoms. The van der Waals surface area contributed by atoms with Crippen molar-refractivity contribution in [3.63, 3.8) is 0 Å². The first-order chi connectivity index (χ1) is 31.3. The Labute approximate surface area is 375 Å². The molecule has 0 saturated heterocycles. The van der Waals surface area contributed by atoms with Crippen LogP contribution in [0.15, 0.2) is 97.6 Å². The van der Waals surface area contributed by atoms with Crippen molar-refractivity contribution in [2.75, 3.05) is 6.54 Å². The highest BCUT2D eigenvalue weighted by molar-refractivity contribution is 5.97. The Bertz CT molecular complexity index is 2570. The molecule has 0 unspecified atom stereocenters. The standard InChI is InChI=1S/C47H57N11O7/c1-27-34(33-15-7-9-18-37(33)53-27)23-40(46(63)58-41(47(64)65)22-31-25-50-26-52-31)55-42(59)28(2)54-44(61)39(21-30-24-51-36-17-8-6-14-32(30)36)57-45(62)38(20-29-12-4-3-5-13-29)56-43(60)35(49)16-10-11-19-48/h3-9,12-15,17-18,24-26,28,35,38-41,51,53H,10-11,16,19-23,48-49H2,1-2H3,(H,50,52)(H,54,61)(H,55,59)(H,56,60)(H,57,62)(H,58,63)(H,64,65)/t28-,35-,38+,39-,40+,41-/m1/s1. The van der Waals surface area contributed by atoms with Crippen LogP contribution in [0, 0.1) is 6.92 Å². The van der Waals surface area contributed by atoms with E-state index in [1.165, 1.54) is 19.4 Å². The second-order valence-electron chi connectivity index (χ2n) is 16.2. The fourth-order valence-corrected chi connectivity index (χ4v) is 7.76. The summed E-state index contributed by atoms with van der Waals surface area (Å²) in [5.74, 6) is -4.69. The van der Waals surface area contributed by atoms with Gasteiger partial charge in [-0.05, 0) is 62.1 Å². The number of H-pyrrole nitrogens is 3. The average Bonchev–Trinajstić information content (AvgIpc) is 4.04. The molecular formula is C47H57N11O7. The molecule has 0 aliphatic heterocycles. The van der Waals surface area contributed by atoms with E-state index in [1.54, 1.807) is 6.20 Å². The summed E-state index contributed by atoms with van der Waals surface area (Å²) in [6, 6.07) is 16.8. The second-order valence-corrected chi connectivity index (χ2v) is 16.2. The molecule has 18 nitrogen and oxygen atoms in total. The van der Waals surface area contributed by atoms with Gasteiger partial charge < -0.3 is 58.1 Å². The summed E-state index contributed by atoms with van der Waals surface area (Å²) in [5, 5.41) is 25.3. The molecule has 18 heteroatoms. The predicted octanol–water partition coefficient (Wildman–Crippen LogP) is 1.94. The summed E-state index contributed by atoms with van der Waals surface area (Å²) in [6.45, 7) is 3.73. The van der Waals surface area contributed by atoms with Crippen LogP contribution in [-0.2, 0) is 54.5 Å². The van der Waals surface area contributed by atoms with E-state index in [1.807, 2.05) is 85.8 Å². The molecule has 3 aromatic carbocycles. The summed E-state index contributed by atoms with van der Waals surface area (Å²) in [5.41, 5.74) is 16.9. The van der Waals surface area contributed by atoms with E-state index in [4.69, 9.17) is 11.5 Å². The molecule has 13 N–H and O–H groups in total. The molecule has 65 heavy (non-hydrogen) atoms. The van der Waals surface area contributed by atoms with Crippen LogP contribution in [0.5, 0.6) is 0 Å². The number of carboxylic acids is 1. The second kappa shape index (κ2) is 22.4. The third-order valence-corrected chi connectivity index (χ3v) is 11.4. The lowest BCUT2D eigenvalue weighted by Crippen LogP contribution is -2.59. The number of aromatic nitrogens is 4. The SMILES string of the molecule is Cc1[nH]c2ccccc2c1C[C@H](NC(=O)[C@@H](C)NC(=O)[C@@H](Cc1c[nH]c2ccccc12)NC(=O)[C@H](Cc1ccccc1)NC(=O)[C@H](N)CCCCN)C(=O)N[C@H](Cc1cnc[nH]1)C(=O)O. The number of fused-ring (bicyclic) bond motifs is 2. The number of hydrogen-bond donors (Lipinski definition) is 11. The van der Waals surface area contributed by atoms with Crippen LogP contribution in [0.3, 0.4) is 0 Å². The van der Waals surface area contributed by atoms with Gasteiger partial charge in [-0.3, -0.25) is 24.0 Å². The Balaban J connectivity index is 1.23. The highest BCUT2D eigenvalue weighted by Gasteiger charge is 2.33. The molecule has 3 heterocycles. The topological polar surface area (TPSA) is 295 Å². The summed E-state index contributed by atoms with van der Waals surface area (Å²) in [7, 11) is 0.